The van der Waals surface area contributed by atoms with Crippen LogP contribution in [-0.4, -0.2) is 39.5 Å². The maximum absolute atomic E-state index is 12.4. The van der Waals surface area contributed by atoms with Crippen LogP contribution in [-0.2, 0) is 4.79 Å². The van der Waals surface area contributed by atoms with Crippen molar-refractivity contribution < 1.29 is 14.7 Å². The van der Waals surface area contributed by atoms with E-state index in [1.54, 1.807) is 12.1 Å². The second-order valence-electron chi connectivity index (χ2n) is 4.92. The summed E-state index contributed by atoms with van der Waals surface area (Å²) in [5.74, 6) is -1.09. The number of aliphatic carboxylic acids is 1. The molecule has 6 heteroatoms. The van der Waals surface area contributed by atoms with Crippen molar-refractivity contribution in [1.29, 1.82) is 0 Å². The summed E-state index contributed by atoms with van der Waals surface area (Å²) in [5, 5.41) is 9.25. The molecule has 1 aliphatic heterocycles. The van der Waals surface area contributed by atoms with Crippen molar-refractivity contribution in [3.8, 4) is 0 Å². The Morgan fingerprint density at radius 2 is 2.26 bits per heavy atom. The highest BCUT2D eigenvalue weighted by Gasteiger charge is 2.36. The highest BCUT2D eigenvalue weighted by Crippen LogP contribution is 2.25. The Kier molecular flexibility index (Phi) is 3.69. The van der Waals surface area contributed by atoms with Gasteiger partial charge in [-0.3, -0.25) is 4.79 Å². The van der Waals surface area contributed by atoms with E-state index in [0.717, 1.165) is 6.42 Å². The predicted molar refractivity (Wildman–Crippen MR) is 69.5 cm³/mol. The first-order valence-corrected chi connectivity index (χ1v) is 6.25. The van der Waals surface area contributed by atoms with Crippen molar-refractivity contribution in [2.45, 2.75) is 25.8 Å². The summed E-state index contributed by atoms with van der Waals surface area (Å²) in [6.07, 6.45) is 2.74. The molecule has 102 valence electrons. The van der Waals surface area contributed by atoms with Crippen LogP contribution >= 0.6 is 0 Å². The number of carbonyl (C=O) groups is 2. The van der Waals surface area contributed by atoms with Gasteiger partial charge in [0.25, 0.3) is 5.91 Å². The first-order valence-electron chi connectivity index (χ1n) is 6.25. The van der Waals surface area contributed by atoms with Gasteiger partial charge in [0.2, 0.25) is 0 Å². The van der Waals surface area contributed by atoms with Crippen LogP contribution in [0.4, 0.5) is 5.69 Å². The van der Waals surface area contributed by atoms with Crippen molar-refractivity contribution in [2.24, 2.45) is 5.92 Å². The van der Waals surface area contributed by atoms with Gasteiger partial charge >= 0.3 is 5.97 Å². The van der Waals surface area contributed by atoms with E-state index in [-0.39, 0.29) is 11.4 Å². The van der Waals surface area contributed by atoms with E-state index in [4.69, 9.17) is 5.73 Å². The molecule has 2 rings (SSSR count). The van der Waals surface area contributed by atoms with Gasteiger partial charge in [-0.1, -0.05) is 6.92 Å². The molecule has 0 saturated carbocycles. The number of aromatic nitrogens is 1. The van der Waals surface area contributed by atoms with E-state index in [2.05, 4.69) is 4.98 Å². The molecule has 1 aliphatic rings. The largest absolute Gasteiger partial charge is 0.480 e. The van der Waals surface area contributed by atoms with E-state index in [9.17, 15) is 14.7 Å². The fraction of sp³-hybridized carbons (Fsp3) is 0.462. The topological polar surface area (TPSA) is 96.5 Å². The number of nitrogen functional groups attached to an aromatic ring is 1. The van der Waals surface area contributed by atoms with Crippen LogP contribution in [0.1, 0.15) is 30.3 Å². The standard InChI is InChI=1S/C13H17N3O3/c1-8-4-6-16(10(7-8)13(18)19)12(17)11-9(14)3-2-5-15-11/h2-3,5,8,10H,4,6-7,14H2,1H3,(H,18,19). The third-order valence-electron chi connectivity index (χ3n) is 3.45. The average Bonchev–Trinajstić information content (AvgIpc) is 2.38. The lowest BCUT2D eigenvalue weighted by atomic mass is 9.92. The molecule has 1 aromatic heterocycles. The monoisotopic (exact) mass is 263 g/mol. The van der Waals surface area contributed by atoms with Crippen molar-refractivity contribution in [3.63, 3.8) is 0 Å². The first kappa shape index (κ1) is 13.3. The molecule has 0 spiro atoms. The Morgan fingerprint density at radius 3 is 2.89 bits per heavy atom. The van der Waals surface area contributed by atoms with Crippen molar-refractivity contribution >= 4 is 17.6 Å². The molecule has 1 fully saturated rings. The Bertz CT molecular complexity index is 504. The number of carboxylic acids is 1. The van der Waals surface area contributed by atoms with E-state index >= 15 is 0 Å². The smallest absolute Gasteiger partial charge is 0.326 e. The minimum atomic E-state index is -0.977. The van der Waals surface area contributed by atoms with Gasteiger partial charge in [0.05, 0.1) is 5.69 Å². The molecule has 3 N–H and O–H groups in total. The highest BCUT2D eigenvalue weighted by atomic mass is 16.4. The number of pyridine rings is 1. The van der Waals surface area contributed by atoms with E-state index in [1.807, 2.05) is 6.92 Å². The number of rotatable bonds is 2. The van der Waals surface area contributed by atoms with Crippen LogP contribution in [0.3, 0.4) is 0 Å². The SMILES string of the molecule is CC1CCN(C(=O)c2ncccc2N)C(C(=O)O)C1. The third-order valence-corrected chi connectivity index (χ3v) is 3.45. The number of likely N-dealkylation sites (tertiary alicyclic amines) is 1. The van der Waals surface area contributed by atoms with Crippen molar-refractivity contribution in [2.75, 3.05) is 12.3 Å². The summed E-state index contributed by atoms with van der Waals surface area (Å²) in [4.78, 5) is 29.0. The lowest BCUT2D eigenvalue weighted by Gasteiger charge is -2.35. The highest BCUT2D eigenvalue weighted by molar-refractivity contribution is 5.99. The zero-order valence-corrected chi connectivity index (χ0v) is 10.7. The van der Waals surface area contributed by atoms with Gasteiger partial charge in [-0.15, -0.1) is 0 Å². The van der Waals surface area contributed by atoms with Crippen LogP contribution in [0.2, 0.25) is 0 Å². The maximum atomic E-state index is 12.4. The number of hydrogen-bond donors (Lipinski definition) is 2. The molecular formula is C13H17N3O3. The Hall–Kier alpha value is -2.11. The predicted octanol–water partition coefficient (Wildman–Crippen LogP) is 0.989. The number of carbonyl (C=O) groups excluding carboxylic acids is 1. The number of hydrogen-bond acceptors (Lipinski definition) is 4. The number of amides is 1. The van der Waals surface area contributed by atoms with Crippen LogP contribution in [0, 0.1) is 5.92 Å². The second-order valence-corrected chi connectivity index (χ2v) is 4.92. The fourth-order valence-corrected chi connectivity index (χ4v) is 2.35. The normalized spacial score (nSPS) is 23.1. The van der Waals surface area contributed by atoms with Crippen LogP contribution < -0.4 is 5.73 Å². The van der Waals surface area contributed by atoms with Crippen LogP contribution in [0.15, 0.2) is 18.3 Å². The summed E-state index contributed by atoms with van der Waals surface area (Å²) in [6.45, 7) is 2.42. The van der Waals surface area contributed by atoms with E-state index in [1.165, 1.54) is 11.1 Å². The lowest BCUT2D eigenvalue weighted by Crippen LogP contribution is -2.50. The molecule has 0 aliphatic carbocycles. The molecule has 2 atom stereocenters. The van der Waals surface area contributed by atoms with Gasteiger partial charge in [-0.2, -0.15) is 0 Å². The minimum Gasteiger partial charge on any atom is -0.480 e. The van der Waals surface area contributed by atoms with E-state index < -0.39 is 17.9 Å². The van der Waals surface area contributed by atoms with E-state index in [0.29, 0.717) is 18.9 Å². The number of anilines is 1. The van der Waals surface area contributed by atoms with Crippen LogP contribution in [0.5, 0.6) is 0 Å². The molecular weight excluding hydrogens is 246 g/mol. The summed E-state index contributed by atoms with van der Waals surface area (Å²) in [6, 6.07) is 2.43. The molecule has 2 unspecified atom stereocenters. The van der Waals surface area contributed by atoms with Gasteiger partial charge in [0.15, 0.2) is 5.69 Å². The molecule has 0 radical (unpaired) electrons. The van der Waals surface area contributed by atoms with Gasteiger partial charge in [-0.05, 0) is 30.9 Å². The molecule has 19 heavy (non-hydrogen) atoms. The zero-order chi connectivity index (χ0) is 14.0. The maximum Gasteiger partial charge on any atom is 0.326 e. The summed E-state index contributed by atoms with van der Waals surface area (Å²) < 4.78 is 0. The number of nitrogens with two attached hydrogens (primary N) is 1. The average molecular weight is 263 g/mol. The molecule has 0 bridgehead atoms. The minimum absolute atomic E-state index is 0.128. The fourth-order valence-electron chi connectivity index (χ4n) is 2.35. The quantitative estimate of drug-likeness (QED) is 0.829. The molecule has 2 heterocycles. The number of nitrogens with zero attached hydrogens (tertiary/aromatic N) is 2. The molecule has 1 aromatic rings. The van der Waals surface area contributed by atoms with Gasteiger partial charge in [0, 0.05) is 12.7 Å². The summed E-state index contributed by atoms with van der Waals surface area (Å²) >= 11 is 0. The Balaban J connectivity index is 2.27. The number of piperidine rings is 1. The molecule has 1 amide bonds. The third kappa shape index (κ3) is 2.67. The van der Waals surface area contributed by atoms with Crippen molar-refractivity contribution in [1.82, 2.24) is 9.88 Å². The summed E-state index contributed by atoms with van der Waals surface area (Å²) in [5.41, 5.74) is 6.12. The Morgan fingerprint density at radius 1 is 1.53 bits per heavy atom. The zero-order valence-electron chi connectivity index (χ0n) is 10.7. The lowest BCUT2D eigenvalue weighted by molar-refractivity contribution is -0.144. The van der Waals surface area contributed by atoms with Crippen LogP contribution in [0.25, 0.3) is 0 Å². The van der Waals surface area contributed by atoms with Crippen molar-refractivity contribution in [3.05, 3.63) is 24.0 Å². The number of carboxylic acid groups (broad SMARTS) is 1. The molecule has 6 nitrogen and oxygen atoms in total. The van der Waals surface area contributed by atoms with Gasteiger partial charge < -0.3 is 15.7 Å². The molecule has 1 saturated heterocycles. The summed E-state index contributed by atoms with van der Waals surface area (Å²) in [7, 11) is 0. The van der Waals surface area contributed by atoms with Gasteiger partial charge in [0.1, 0.15) is 6.04 Å². The Labute approximate surface area is 111 Å². The first-order chi connectivity index (χ1) is 9.00. The molecule has 0 aromatic carbocycles. The second kappa shape index (κ2) is 5.26. The van der Waals surface area contributed by atoms with Gasteiger partial charge in [-0.25, -0.2) is 9.78 Å².